The maximum absolute atomic E-state index is 16.3. The number of ether oxygens (including phenoxy) is 1. The Morgan fingerprint density at radius 1 is 1.00 bits per heavy atom. The second-order valence-corrected chi connectivity index (χ2v) is 10.6. The minimum Gasteiger partial charge on any atom is -0.380 e. The van der Waals surface area contributed by atoms with Crippen LogP contribution in [-0.4, -0.2) is 33.4 Å². The Labute approximate surface area is 245 Å². The predicted molar refractivity (Wildman–Crippen MR) is 154 cm³/mol. The van der Waals surface area contributed by atoms with E-state index in [0.29, 0.717) is 46.5 Å². The number of alkyl halides is 3. The van der Waals surface area contributed by atoms with Crippen LogP contribution in [0.25, 0.3) is 27.8 Å². The molecule has 224 valence electrons. The number of para-hydroxylation sites is 1. The van der Waals surface area contributed by atoms with Gasteiger partial charge in [0.25, 0.3) is 0 Å². The molecule has 0 spiro atoms. The van der Waals surface area contributed by atoms with Gasteiger partial charge in [0.05, 0.1) is 34.8 Å². The molecule has 43 heavy (non-hydrogen) atoms. The highest BCUT2D eigenvalue weighted by Gasteiger charge is 2.34. The molecule has 1 aliphatic rings. The van der Waals surface area contributed by atoms with Crippen molar-refractivity contribution in [2.45, 2.75) is 52.4 Å². The largest absolute Gasteiger partial charge is 0.417 e. The quantitative estimate of drug-likeness (QED) is 0.198. The molecule has 0 saturated heterocycles. The molecule has 0 amide bonds. The van der Waals surface area contributed by atoms with E-state index in [2.05, 4.69) is 9.97 Å². The van der Waals surface area contributed by atoms with E-state index in [1.54, 1.807) is 24.3 Å². The number of halogens is 5. The number of pyridine rings is 1. The second-order valence-electron chi connectivity index (χ2n) is 10.6. The van der Waals surface area contributed by atoms with Crippen LogP contribution in [0.5, 0.6) is 0 Å². The van der Waals surface area contributed by atoms with Crippen molar-refractivity contribution < 1.29 is 26.7 Å². The number of methoxy groups -OCH3 is 1. The smallest absolute Gasteiger partial charge is 0.380 e. The van der Waals surface area contributed by atoms with Crippen molar-refractivity contribution in [3.63, 3.8) is 0 Å². The molecule has 0 fully saturated rings. The van der Waals surface area contributed by atoms with Gasteiger partial charge in [0.15, 0.2) is 11.6 Å². The van der Waals surface area contributed by atoms with E-state index in [1.807, 2.05) is 36.7 Å². The molecule has 6 nitrogen and oxygen atoms in total. The van der Waals surface area contributed by atoms with E-state index >= 15 is 8.78 Å². The van der Waals surface area contributed by atoms with Crippen molar-refractivity contribution >= 4 is 16.7 Å². The van der Waals surface area contributed by atoms with Crippen LogP contribution < -0.4 is 4.90 Å². The average Bonchev–Trinajstić information content (AvgIpc) is 3.62. The lowest BCUT2D eigenvalue weighted by atomic mass is 9.95. The number of aromatic amines is 1. The summed E-state index contributed by atoms with van der Waals surface area (Å²) < 4.78 is 78.1. The standard InChI is InChI=1S/C32H30F5N5O/c1-4-18-7-6-8-19(5-2)29(18)42-30(27-22-9-11-38-28(22)20(17-43-3)13-24(27)33)23-16-41(12-10-26(23)40-42)31-25(34)14-21(15-39-31)32(35,36)37/h6-9,11,13-15,38H,4-5,10,12,16-17H2,1-3H3. The van der Waals surface area contributed by atoms with Gasteiger partial charge in [0.1, 0.15) is 5.82 Å². The van der Waals surface area contributed by atoms with Gasteiger partial charge in [-0.25, -0.2) is 18.4 Å². The van der Waals surface area contributed by atoms with E-state index in [9.17, 15) is 13.2 Å². The van der Waals surface area contributed by atoms with Crippen LogP contribution in [0, 0.1) is 11.6 Å². The first-order chi connectivity index (χ1) is 20.7. The van der Waals surface area contributed by atoms with Crippen molar-refractivity contribution in [2.24, 2.45) is 0 Å². The third-order valence-electron chi connectivity index (χ3n) is 8.07. The van der Waals surface area contributed by atoms with E-state index in [-0.39, 0.29) is 25.5 Å². The van der Waals surface area contributed by atoms with Crippen molar-refractivity contribution in [1.29, 1.82) is 0 Å². The molecule has 0 unspecified atom stereocenters. The van der Waals surface area contributed by atoms with Crippen LogP contribution in [-0.2, 0) is 43.3 Å². The zero-order valence-corrected chi connectivity index (χ0v) is 23.9. The number of nitrogens with zero attached hydrogens (tertiary/aromatic N) is 4. The number of rotatable bonds is 7. The SMILES string of the molecule is CCc1cccc(CC)c1-n1nc2c(c1-c1c(F)cc(COC)c3[nH]ccc13)CN(c1ncc(C(F)(F)F)cc1F)CC2. The number of anilines is 1. The predicted octanol–water partition coefficient (Wildman–Crippen LogP) is 7.55. The summed E-state index contributed by atoms with van der Waals surface area (Å²) in [6.07, 6.45) is -0.531. The molecule has 2 aromatic carbocycles. The number of H-pyrrole nitrogens is 1. The molecule has 11 heteroatoms. The van der Waals surface area contributed by atoms with Crippen LogP contribution in [0.2, 0.25) is 0 Å². The van der Waals surface area contributed by atoms with Crippen LogP contribution in [0.4, 0.5) is 27.8 Å². The molecular formula is C32H30F5N5O. The maximum Gasteiger partial charge on any atom is 0.417 e. The number of nitrogens with one attached hydrogen (secondary N) is 1. The molecule has 4 heterocycles. The minimum absolute atomic E-state index is 0.0842. The fraction of sp³-hybridized carbons (Fsp3) is 0.312. The minimum atomic E-state index is -4.71. The van der Waals surface area contributed by atoms with E-state index in [1.165, 1.54) is 6.07 Å². The highest BCUT2D eigenvalue weighted by Crippen LogP contribution is 2.41. The lowest BCUT2D eigenvalue weighted by Crippen LogP contribution is -2.32. The number of fused-ring (bicyclic) bond motifs is 2. The van der Waals surface area contributed by atoms with Crippen molar-refractivity contribution in [3.05, 3.63) is 93.9 Å². The van der Waals surface area contributed by atoms with Gasteiger partial charge in [-0.15, -0.1) is 0 Å². The molecule has 0 aliphatic carbocycles. The molecule has 0 bridgehead atoms. The Hall–Kier alpha value is -4.25. The first-order valence-electron chi connectivity index (χ1n) is 14.1. The van der Waals surface area contributed by atoms with Crippen molar-refractivity contribution in [2.75, 3.05) is 18.6 Å². The fourth-order valence-electron chi connectivity index (χ4n) is 6.06. The lowest BCUT2D eigenvalue weighted by Gasteiger charge is -2.28. The molecule has 0 atom stereocenters. The zero-order chi connectivity index (χ0) is 30.5. The maximum atomic E-state index is 16.3. The molecule has 1 N–H and O–H groups in total. The number of aryl methyl sites for hydroxylation is 2. The van der Waals surface area contributed by atoms with Crippen LogP contribution >= 0.6 is 0 Å². The molecule has 0 saturated carbocycles. The lowest BCUT2D eigenvalue weighted by molar-refractivity contribution is -0.138. The highest BCUT2D eigenvalue weighted by molar-refractivity contribution is 5.97. The van der Waals surface area contributed by atoms with Gasteiger partial charge >= 0.3 is 6.18 Å². The van der Waals surface area contributed by atoms with Gasteiger partial charge in [0, 0.05) is 61.1 Å². The van der Waals surface area contributed by atoms with Gasteiger partial charge in [0.2, 0.25) is 0 Å². The average molecular weight is 596 g/mol. The Balaban J connectivity index is 1.59. The number of benzene rings is 2. The number of aromatic nitrogens is 4. The van der Waals surface area contributed by atoms with Gasteiger partial charge in [-0.05, 0) is 42.2 Å². The summed E-state index contributed by atoms with van der Waals surface area (Å²) in [7, 11) is 1.54. The van der Waals surface area contributed by atoms with Crippen molar-refractivity contribution in [1.82, 2.24) is 19.7 Å². The summed E-state index contributed by atoms with van der Waals surface area (Å²) in [5.41, 5.74) is 5.41. The topological polar surface area (TPSA) is 59.0 Å². The highest BCUT2D eigenvalue weighted by atomic mass is 19.4. The molecule has 5 aromatic rings. The Kier molecular flexibility index (Phi) is 7.45. The van der Waals surface area contributed by atoms with Gasteiger partial charge < -0.3 is 14.6 Å². The number of hydrogen-bond donors (Lipinski definition) is 1. The Morgan fingerprint density at radius 2 is 1.74 bits per heavy atom. The van der Waals surface area contributed by atoms with E-state index < -0.39 is 23.4 Å². The van der Waals surface area contributed by atoms with Gasteiger partial charge in [-0.1, -0.05) is 32.0 Å². The molecule has 0 radical (unpaired) electrons. The molecule has 3 aromatic heterocycles. The third kappa shape index (κ3) is 4.95. The van der Waals surface area contributed by atoms with Gasteiger partial charge in [-0.3, -0.25) is 0 Å². The van der Waals surface area contributed by atoms with Crippen LogP contribution in [0.1, 0.15) is 47.4 Å². The van der Waals surface area contributed by atoms with Crippen LogP contribution in [0.3, 0.4) is 0 Å². The monoisotopic (exact) mass is 595 g/mol. The first-order valence-corrected chi connectivity index (χ1v) is 14.1. The molecular weight excluding hydrogens is 565 g/mol. The first kappa shape index (κ1) is 28.9. The molecule has 6 rings (SSSR count). The Bertz CT molecular complexity index is 1800. The van der Waals surface area contributed by atoms with Gasteiger partial charge in [-0.2, -0.15) is 18.3 Å². The normalized spacial score (nSPS) is 13.6. The van der Waals surface area contributed by atoms with E-state index in [4.69, 9.17) is 9.84 Å². The zero-order valence-electron chi connectivity index (χ0n) is 23.9. The van der Waals surface area contributed by atoms with Crippen molar-refractivity contribution in [3.8, 4) is 16.9 Å². The summed E-state index contributed by atoms with van der Waals surface area (Å²) in [5, 5.41) is 5.67. The molecule has 1 aliphatic heterocycles. The summed E-state index contributed by atoms with van der Waals surface area (Å²) >= 11 is 0. The fourth-order valence-corrected chi connectivity index (χ4v) is 6.06. The summed E-state index contributed by atoms with van der Waals surface area (Å²) in [5.74, 6) is -1.73. The summed E-state index contributed by atoms with van der Waals surface area (Å²) in [6, 6.07) is 9.76. The summed E-state index contributed by atoms with van der Waals surface area (Å²) in [6.45, 7) is 4.67. The van der Waals surface area contributed by atoms with E-state index in [0.717, 1.165) is 40.9 Å². The third-order valence-corrected chi connectivity index (χ3v) is 8.07. The van der Waals surface area contributed by atoms with Crippen LogP contribution in [0.15, 0.2) is 48.8 Å². The number of hydrogen-bond acceptors (Lipinski definition) is 4. The Morgan fingerprint density at radius 3 is 2.40 bits per heavy atom. The summed E-state index contributed by atoms with van der Waals surface area (Å²) in [4.78, 5) is 8.66. The second kappa shape index (κ2) is 11.1.